The third-order valence-corrected chi connectivity index (χ3v) is 3.66. The standard InChI is InChI=1S/C16H20FNO2S/c1-12(11-21-2)10-18-16(20)14-7-6-13(15(17)9-14)5-3-4-8-19/h6-7,9,12,19H,4,8,10-11H2,1-2H3,(H,18,20). The Kier molecular flexibility index (Phi) is 7.88. The lowest BCUT2D eigenvalue weighted by molar-refractivity contribution is 0.0949. The summed E-state index contributed by atoms with van der Waals surface area (Å²) in [5.41, 5.74) is 0.521. The van der Waals surface area contributed by atoms with Gasteiger partial charge in [-0.2, -0.15) is 11.8 Å². The first-order valence-corrected chi connectivity index (χ1v) is 8.14. The minimum absolute atomic E-state index is 0.0522. The third kappa shape index (κ3) is 6.19. The molecule has 0 radical (unpaired) electrons. The minimum atomic E-state index is -0.523. The molecule has 0 heterocycles. The molecule has 2 N–H and O–H groups in total. The molecule has 5 heteroatoms. The summed E-state index contributed by atoms with van der Waals surface area (Å²) >= 11 is 1.73. The molecule has 0 aromatic heterocycles. The van der Waals surface area contributed by atoms with Crippen LogP contribution in [0.25, 0.3) is 0 Å². The lowest BCUT2D eigenvalue weighted by atomic mass is 10.1. The molecule has 21 heavy (non-hydrogen) atoms. The van der Waals surface area contributed by atoms with Crippen molar-refractivity contribution in [2.45, 2.75) is 13.3 Å². The zero-order chi connectivity index (χ0) is 15.7. The molecule has 1 amide bonds. The van der Waals surface area contributed by atoms with Crippen LogP contribution >= 0.6 is 11.8 Å². The highest BCUT2D eigenvalue weighted by molar-refractivity contribution is 7.98. The van der Waals surface area contributed by atoms with Gasteiger partial charge in [0.1, 0.15) is 5.82 Å². The maximum atomic E-state index is 13.8. The SMILES string of the molecule is CSCC(C)CNC(=O)c1ccc(C#CCCO)c(F)c1. The number of hydrogen-bond acceptors (Lipinski definition) is 3. The number of carbonyl (C=O) groups is 1. The quantitative estimate of drug-likeness (QED) is 0.793. The fourth-order valence-electron chi connectivity index (χ4n) is 1.68. The van der Waals surface area contributed by atoms with Crippen LogP contribution in [0.5, 0.6) is 0 Å². The van der Waals surface area contributed by atoms with Gasteiger partial charge in [-0.3, -0.25) is 4.79 Å². The molecule has 0 aliphatic carbocycles. The average Bonchev–Trinajstić information content (AvgIpc) is 2.47. The Hall–Kier alpha value is -1.51. The Balaban J connectivity index is 2.66. The van der Waals surface area contributed by atoms with Gasteiger partial charge < -0.3 is 10.4 Å². The van der Waals surface area contributed by atoms with Crippen molar-refractivity contribution in [1.29, 1.82) is 0 Å². The number of carbonyl (C=O) groups excluding carboxylic acids is 1. The van der Waals surface area contributed by atoms with E-state index >= 15 is 0 Å². The van der Waals surface area contributed by atoms with E-state index in [0.29, 0.717) is 18.9 Å². The Bertz CT molecular complexity index is 537. The van der Waals surface area contributed by atoms with Crippen LogP contribution in [0.3, 0.4) is 0 Å². The van der Waals surface area contributed by atoms with E-state index in [1.54, 1.807) is 17.8 Å². The van der Waals surface area contributed by atoms with Gasteiger partial charge >= 0.3 is 0 Å². The van der Waals surface area contributed by atoms with Crippen LogP contribution in [-0.2, 0) is 0 Å². The monoisotopic (exact) mass is 309 g/mol. The largest absolute Gasteiger partial charge is 0.395 e. The van der Waals surface area contributed by atoms with E-state index in [0.717, 1.165) is 5.75 Å². The highest BCUT2D eigenvalue weighted by Gasteiger charge is 2.10. The first kappa shape index (κ1) is 17.5. The number of rotatable bonds is 6. The van der Waals surface area contributed by atoms with Gasteiger partial charge in [-0.15, -0.1) is 0 Å². The molecule has 1 aromatic rings. The Labute approximate surface area is 129 Å². The van der Waals surface area contributed by atoms with Gasteiger partial charge in [0.05, 0.1) is 12.2 Å². The highest BCUT2D eigenvalue weighted by Crippen LogP contribution is 2.10. The first-order valence-electron chi connectivity index (χ1n) is 6.75. The van der Waals surface area contributed by atoms with Gasteiger partial charge in [0.25, 0.3) is 5.91 Å². The van der Waals surface area contributed by atoms with Crippen LogP contribution in [0.2, 0.25) is 0 Å². The molecule has 0 spiro atoms. The van der Waals surface area contributed by atoms with Crippen LogP contribution in [0.15, 0.2) is 18.2 Å². The average molecular weight is 309 g/mol. The Morgan fingerprint density at radius 2 is 2.29 bits per heavy atom. The van der Waals surface area contributed by atoms with E-state index in [1.165, 1.54) is 12.1 Å². The van der Waals surface area contributed by atoms with E-state index < -0.39 is 5.82 Å². The summed E-state index contributed by atoms with van der Waals surface area (Å²) in [7, 11) is 0. The second-order valence-corrected chi connectivity index (χ2v) is 5.65. The number of amides is 1. The molecule has 0 saturated heterocycles. The van der Waals surface area contributed by atoms with Crippen molar-refractivity contribution in [3.63, 3.8) is 0 Å². The molecule has 1 atom stereocenters. The normalized spacial score (nSPS) is 11.4. The zero-order valence-electron chi connectivity index (χ0n) is 12.3. The molecular formula is C16H20FNO2S. The lowest BCUT2D eigenvalue weighted by Crippen LogP contribution is -2.29. The van der Waals surface area contributed by atoms with Crippen molar-refractivity contribution >= 4 is 17.7 Å². The van der Waals surface area contributed by atoms with Crippen LogP contribution in [-0.4, -0.2) is 36.2 Å². The molecule has 1 aromatic carbocycles. The van der Waals surface area contributed by atoms with E-state index in [4.69, 9.17) is 5.11 Å². The summed E-state index contributed by atoms with van der Waals surface area (Å²) in [4.78, 5) is 11.9. The van der Waals surface area contributed by atoms with Crippen LogP contribution in [0, 0.1) is 23.6 Å². The summed E-state index contributed by atoms with van der Waals surface area (Å²) in [6, 6.07) is 4.23. The number of benzene rings is 1. The summed E-state index contributed by atoms with van der Waals surface area (Å²) in [6.45, 7) is 2.57. The Morgan fingerprint density at radius 1 is 1.52 bits per heavy atom. The van der Waals surface area contributed by atoms with E-state index in [-0.39, 0.29) is 23.6 Å². The number of thioether (sulfide) groups is 1. The second-order valence-electron chi connectivity index (χ2n) is 4.74. The molecule has 0 saturated carbocycles. The smallest absolute Gasteiger partial charge is 0.251 e. The second kappa shape index (κ2) is 9.43. The fraction of sp³-hybridized carbons (Fsp3) is 0.438. The zero-order valence-corrected chi connectivity index (χ0v) is 13.1. The molecule has 0 bridgehead atoms. The van der Waals surface area contributed by atoms with Crippen molar-refractivity contribution < 1.29 is 14.3 Å². The number of nitrogens with one attached hydrogen (secondary N) is 1. The number of aliphatic hydroxyl groups is 1. The highest BCUT2D eigenvalue weighted by atomic mass is 32.2. The molecule has 3 nitrogen and oxygen atoms in total. The number of hydrogen-bond donors (Lipinski definition) is 2. The van der Waals surface area contributed by atoms with Gasteiger partial charge in [-0.1, -0.05) is 18.8 Å². The number of halogens is 1. The Morgan fingerprint density at radius 3 is 2.90 bits per heavy atom. The van der Waals surface area contributed by atoms with Gasteiger partial charge in [0, 0.05) is 18.5 Å². The van der Waals surface area contributed by atoms with Crippen LogP contribution < -0.4 is 5.32 Å². The van der Waals surface area contributed by atoms with Crippen molar-refractivity contribution in [3.05, 3.63) is 35.1 Å². The molecule has 1 unspecified atom stereocenters. The molecule has 0 fully saturated rings. The predicted molar refractivity (Wildman–Crippen MR) is 84.9 cm³/mol. The number of aliphatic hydroxyl groups excluding tert-OH is 1. The van der Waals surface area contributed by atoms with Crippen molar-refractivity contribution in [3.8, 4) is 11.8 Å². The van der Waals surface area contributed by atoms with E-state index in [1.807, 2.05) is 6.26 Å². The van der Waals surface area contributed by atoms with E-state index in [9.17, 15) is 9.18 Å². The molecule has 114 valence electrons. The van der Waals surface area contributed by atoms with Gasteiger partial charge in [-0.05, 0) is 36.1 Å². The lowest BCUT2D eigenvalue weighted by Gasteiger charge is -2.11. The topological polar surface area (TPSA) is 49.3 Å². The maximum absolute atomic E-state index is 13.8. The van der Waals surface area contributed by atoms with Crippen LogP contribution in [0.4, 0.5) is 4.39 Å². The summed E-state index contributed by atoms with van der Waals surface area (Å²) in [5, 5.41) is 11.4. The summed E-state index contributed by atoms with van der Waals surface area (Å²) in [6.07, 6.45) is 2.32. The fourth-order valence-corrected chi connectivity index (χ4v) is 2.37. The molecule has 0 aliphatic heterocycles. The van der Waals surface area contributed by atoms with Crippen molar-refractivity contribution in [1.82, 2.24) is 5.32 Å². The molecule has 0 aliphatic rings. The predicted octanol–water partition coefficient (Wildman–Crippen LogP) is 2.29. The molecular weight excluding hydrogens is 289 g/mol. The van der Waals surface area contributed by atoms with Crippen molar-refractivity contribution in [2.24, 2.45) is 5.92 Å². The van der Waals surface area contributed by atoms with Gasteiger partial charge in [-0.25, -0.2) is 4.39 Å². The first-order chi connectivity index (χ1) is 10.1. The minimum Gasteiger partial charge on any atom is -0.395 e. The summed E-state index contributed by atoms with van der Waals surface area (Å²) in [5.74, 6) is 5.81. The maximum Gasteiger partial charge on any atom is 0.251 e. The molecule has 1 rings (SSSR count). The summed E-state index contributed by atoms with van der Waals surface area (Å²) < 4.78 is 13.8. The van der Waals surface area contributed by atoms with Crippen LogP contribution in [0.1, 0.15) is 29.3 Å². The van der Waals surface area contributed by atoms with Gasteiger partial charge in [0.15, 0.2) is 0 Å². The third-order valence-electron chi connectivity index (χ3n) is 2.75. The van der Waals surface area contributed by atoms with Gasteiger partial charge in [0.2, 0.25) is 0 Å². The van der Waals surface area contributed by atoms with Crippen molar-refractivity contribution in [2.75, 3.05) is 25.2 Å². The van der Waals surface area contributed by atoms with E-state index in [2.05, 4.69) is 24.1 Å².